The van der Waals surface area contributed by atoms with Crippen molar-refractivity contribution in [3.05, 3.63) is 36.0 Å². The summed E-state index contributed by atoms with van der Waals surface area (Å²) in [4.78, 5) is 9.40. The maximum Gasteiger partial charge on any atom is 0.225 e. The van der Waals surface area contributed by atoms with Crippen LogP contribution in [0.25, 0.3) is 11.0 Å². The van der Waals surface area contributed by atoms with Crippen LogP contribution in [0.4, 0.5) is 17.5 Å². The predicted octanol–water partition coefficient (Wildman–Crippen LogP) is 4.07. The van der Waals surface area contributed by atoms with Crippen LogP contribution in [0.3, 0.4) is 0 Å². The molecule has 0 radical (unpaired) electrons. The van der Waals surface area contributed by atoms with E-state index >= 15 is 0 Å². The summed E-state index contributed by atoms with van der Waals surface area (Å²) in [6.07, 6.45) is -0.488. The fourth-order valence-corrected chi connectivity index (χ4v) is 2.89. The highest BCUT2D eigenvalue weighted by atomic mass is 16.3. The summed E-state index contributed by atoms with van der Waals surface area (Å²) < 4.78 is 1.98. The van der Waals surface area contributed by atoms with Crippen LogP contribution in [0.5, 0.6) is 0 Å². The standard InChI is InChI=1S/C20H28N6O/c1-12(2)16-17-18(26(25-16)13(3)4)19(22-15-9-7-6-8-10-15)24-20(23-17)21-11-14(5)27/h6-10,12-14,27H,11H2,1-5H3,(H2,21,22,23,24). The third-order valence-electron chi connectivity index (χ3n) is 4.20. The van der Waals surface area contributed by atoms with Gasteiger partial charge in [-0.05, 0) is 38.8 Å². The van der Waals surface area contributed by atoms with Crippen LogP contribution in [-0.4, -0.2) is 37.5 Å². The number of nitrogens with zero attached hydrogens (tertiary/aromatic N) is 4. The molecule has 2 heterocycles. The van der Waals surface area contributed by atoms with E-state index in [9.17, 15) is 5.11 Å². The minimum absolute atomic E-state index is 0.177. The average molecular weight is 368 g/mol. The molecule has 3 N–H and O–H groups in total. The molecule has 144 valence electrons. The Morgan fingerprint density at radius 2 is 1.74 bits per heavy atom. The Labute approximate surface area is 159 Å². The Kier molecular flexibility index (Phi) is 5.60. The summed E-state index contributed by atoms with van der Waals surface area (Å²) in [7, 11) is 0. The van der Waals surface area contributed by atoms with Crippen LogP contribution in [-0.2, 0) is 0 Å². The lowest BCUT2D eigenvalue weighted by Crippen LogP contribution is -2.17. The van der Waals surface area contributed by atoms with Crippen molar-refractivity contribution in [2.75, 3.05) is 17.2 Å². The second kappa shape index (κ2) is 7.92. The number of aliphatic hydroxyl groups excluding tert-OH is 1. The summed E-state index contributed by atoms with van der Waals surface area (Å²) in [6.45, 7) is 10.5. The molecule has 2 aromatic heterocycles. The Morgan fingerprint density at radius 3 is 2.33 bits per heavy atom. The zero-order valence-corrected chi connectivity index (χ0v) is 16.6. The van der Waals surface area contributed by atoms with Crippen molar-refractivity contribution >= 4 is 28.5 Å². The van der Waals surface area contributed by atoms with Crippen LogP contribution in [0, 0.1) is 0 Å². The molecule has 1 atom stereocenters. The first-order chi connectivity index (χ1) is 12.9. The molecule has 3 aromatic rings. The molecule has 1 unspecified atom stereocenters. The number of hydrogen-bond acceptors (Lipinski definition) is 6. The molecule has 7 heteroatoms. The van der Waals surface area contributed by atoms with Gasteiger partial charge in [0.25, 0.3) is 0 Å². The Hall–Kier alpha value is -2.67. The van der Waals surface area contributed by atoms with E-state index in [1.54, 1.807) is 6.92 Å². The van der Waals surface area contributed by atoms with Crippen molar-refractivity contribution in [3.8, 4) is 0 Å². The number of para-hydroxylation sites is 1. The van der Waals surface area contributed by atoms with Gasteiger partial charge < -0.3 is 15.7 Å². The average Bonchev–Trinajstić information content (AvgIpc) is 3.01. The molecule has 0 aliphatic carbocycles. The molecule has 0 fully saturated rings. The lowest BCUT2D eigenvalue weighted by atomic mass is 10.1. The monoisotopic (exact) mass is 368 g/mol. The zero-order chi connectivity index (χ0) is 19.6. The highest BCUT2D eigenvalue weighted by Gasteiger charge is 2.22. The van der Waals surface area contributed by atoms with Gasteiger partial charge in [-0.1, -0.05) is 32.0 Å². The summed E-state index contributed by atoms with van der Waals surface area (Å²) in [5.74, 6) is 1.41. The Balaban J connectivity index is 2.18. The number of nitrogens with one attached hydrogen (secondary N) is 2. The van der Waals surface area contributed by atoms with E-state index in [1.807, 2.05) is 35.0 Å². The van der Waals surface area contributed by atoms with E-state index in [4.69, 9.17) is 10.1 Å². The molecule has 0 aliphatic heterocycles. The van der Waals surface area contributed by atoms with Crippen molar-refractivity contribution in [1.82, 2.24) is 19.7 Å². The summed E-state index contributed by atoms with van der Waals surface area (Å²) in [5, 5.41) is 21.0. The van der Waals surface area contributed by atoms with E-state index in [0.29, 0.717) is 18.3 Å². The van der Waals surface area contributed by atoms with Gasteiger partial charge in [-0.2, -0.15) is 10.1 Å². The minimum Gasteiger partial charge on any atom is -0.392 e. The van der Waals surface area contributed by atoms with Gasteiger partial charge in [-0.3, -0.25) is 4.68 Å². The summed E-state index contributed by atoms with van der Waals surface area (Å²) >= 11 is 0. The van der Waals surface area contributed by atoms with Crippen molar-refractivity contribution in [3.63, 3.8) is 0 Å². The molecule has 27 heavy (non-hydrogen) atoms. The number of anilines is 3. The number of rotatable bonds is 7. The molecular weight excluding hydrogens is 340 g/mol. The van der Waals surface area contributed by atoms with Crippen LogP contribution in [0.1, 0.15) is 52.3 Å². The van der Waals surface area contributed by atoms with Gasteiger partial charge in [0.2, 0.25) is 5.95 Å². The Bertz CT molecular complexity index is 902. The van der Waals surface area contributed by atoms with Gasteiger partial charge >= 0.3 is 0 Å². The molecular formula is C20H28N6O. The van der Waals surface area contributed by atoms with E-state index < -0.39 is 6.10 Å². The molecule has 0 bridgehead atoms. The molecule has 0 aliphatic rings. The summed E-state index contributed by atoms with van der Waals surface area (Å²) in [6, 6.07) is 10.1. The van der Waals surface area contributed by atoms with Crippen molar-refractivity contribution in [2.45, 2.75) is 52.7 Å². The molecule has 0 saturated carbocycles. The number of benzene rings is 1. The van der Waals surface area contributed by atoms with E-state index in [1.165, 1.54) is 0 Å². The van der Waals surface area contributed by atoms with E-state index in [-0.39, 0.29) is 12.0 Å². The summed E-state index contributed by atoms with van der Waals surface area (Å²) in [5.41, 5.74) is 3.61. The maximum absolute atomic E-state index is 9.60. The molecule has 3 rings (SSSR count). The molecule has 0 spiro atoms. The highest BCUT2D eigenvalue weighted by Crippen LogP contribution is 2.32. The normalized spacial score (nSPS) is 12.7. The number of aromatic nitrogens is 4. The number of fused-ring (bicyclic) bond motifs is 1. The first-order valence-electron chi connectivity index (χ1n) is 9.41. The predicted molar refractivity (Wildman–Crippen MR) is 110 cm³/mol. The molecule has 0 saturated heterocycles. The fourth-order valence-electron chi connectivity index (χ4n) is 2.89. The maximum atomic E-state index is 9.60. The van der Waals surface area contributed by atoms with Crippen LogP contribution < -0.4 is 10.6 Å². The molecule has 0 amide bonds. The lowest BCUT2D eigenvalue weighted by molar-refractivity contribution is 0.208. The zero-order valence-electron chi connectivity index (χ0n) is 16.6. The minimum atomic E-state index is -0.488. The van der Waals surface area contributed by atoms with Gasteiger partial charge in [-0.25, -0.2) is 4.98 Å². The Morgan fingerprint density at radius 1 is 1.04 bits per heavy atom. The van der Waals surface area contributed by atoms with Crippen molar-refractivity contribution in [1.29, 1.82) is 0 Å². The smallest absolute Gasteiger partial charge is 0.225 e. The van der Waals surface area contributed by atoms with Gasteiger partial charge in [0.05, 0.1) is 11.8 Å². The first-order valence-corrected chi connectivity index (χ1v) is 9.41. The van der Waals surface area contributed by atoms with Crippen molar-refractivity contribution in [2.24, 2.45) is 0 Å². The lowest BCUT2D eigenvalue weighted by Gasteiger charge is -2.14. The van der Waals surface area contributed by atoms with Crippen LogP contribution in [0.15, 0.2) is 30.3 Å². The molecule has 1 aromatic carbocycles. The second-order valence-corrected chi connectivity index (χ2v) is 7.39. The SMILES string of the molecule is CC(O)CNc1nc(Nc2ccccc2)c2c(n1)c(C(C)C)nn2C(C)C. The first kappa shape index (κ1) is 19.1. The van der Waals surface area contributed by atoms with Gasteiger partial charge in [0, 0.05) is 18.3 Å². The van der Waals surface area contributed by atoms with E-state index in [2.05, 4.69) is 43.3 Å². The van der Waals surface area contributed by atoms with Gasteiger partial charge in [-0.15, -0.1) is 0 Å². The fraction of sp³-hybridized carbons (Fsp3) is 0.450. The van der Waals surface area contributed by atoms with Crippen LogP contribution >= 0.6 is 0 Å². The number of hydrogen-bond donors (Lipinski definition) is 3. The third-order valence-corrected chi connectivity index (χ3v) is 4.20. The van der Waals surface area contributed by atoms with E-state index in [0.717, 1.165) is 22.4 Å². The van der Waals surface area contributed by atoms with Crippen molar-refractivity contribution < 1.29 is 5.11 Å². The third kappa shape index (κ3) is 4.19. The largest absolute Gasteiger partial charge is 0.392 e. The highest BCUT2D eigenvalue weighted by molar-refractivity contribution is 5.91. The van der Waals surface area contributed by atoms with Gasteiger partial charge in [0.1, 0.15) is 11.0 Å². The second-order valence-electron chi connectivity index (χ2n) is 7.39. The van der Waals surface area contributed by atoms with Crippen LogP contribution in [0.2, 0.25) is 0 Å². The molecule has 7 nitrogen and oxygen atoms in total. The quantitative estimate of drug-likeness (QED) is 0.583. The number of aliphatic hydroxyl groups is 1. The topological polar surface area (TPSA) is 87.9 Å². The van der Waals surface area contributed by atoms with Gasteiger partial charge in [0.15, 0.2) is 5.82 Å².